The number of nitro groups is 1. The summed E-state index contributed by atoms with van der Waals surface area (Å²) in [5.74, 6) is 0.709. The van der Waals surface area contributed by atoms with E-state index in [-0.39, 0.29) is 5.69 Å². The highest BCUT2D eigenvalue weighted by molar-refractivity contribution is 7.98. The molecule has 0 atom stereocenters. The summed E-state index contributed by atoms with van der Waals surface area (Å²) < 4.78 is 0. The van der Waals surface area contributed by atoms with Crippen LogP contribution in [0.3, 0.4) is 0 Å². The number of H-pyrrole nitrogens is 1. The van der Waals surface area contributed by atoms with E-state index >= 15 is 0 Å². The van der Waals surface area contributed by atoms with E-state index in [0.717, 1.165) is 10.7 Å². The van der Waals surface area contributed by atoms with Gasteiger partial charge in [0.25, 0.3) is 5.69 Å². The Hall–Kier alpha value is -2.02. The molecule has 6 nitrogen and oxygen atoms in total. The fourth-order valence-electron chi connectivity index (χ4n) is 1.51. The summed E-state index contributed by atoms with van der Waals surface area (Å²) in [5, 5.41) is 14.5. The monoisotopic (exact) mass is 264 g/mol. The first-order valence-corrected chi connectivity index (χ1v) is 6.26. The molecule has 2 N–H and O–H groups in total. The van der Waals surface area contributed by atoms with Crippen molar-refractivity contribution >= 4 is 23.1 Å². The van der Waals surface area contributed by atoms with Crippen molar-refractivity contribution in [2.24, 2.45) is 0 Å². The molecule has 1 aromatic heterocycles. The number of benzene rings is 1. The second-order valence-corrected chi connectivity index (χ2v) is 4.51. The molecule has 18 heavy (non-hydrogen) atoms. The maximum absolute atomic E-state index is 10.8. The van der Waals surface area contributed by atoms with E-state index in [0.29, 0.717) is 11.4 Å². The van der Waals surface area contributed by atoms with Crippen LogP contribution >= 0.6 is 11.8 Å². The molecule has 0 unspecified atom stereocenters. The number of hydrogen-bond donors (Lipinski definition) is 2. The summed E-state index contributed by atoms with van der Waals surface area (Å²) >= 11 is 1.55. The Labute approximate surface area is 108 Å². The zero-order chi connectivity index (χ0) is 13.0. The van der Waals surface area contributed by atoms with Crippen molar-refractivity contribution in [1.29, 1.82) is 0 Å². The largest absolute Gasteiger partial charge is 0.383 e. The minimum Gasteiger partial charge on any atom is -0.383 e. The lowest BCUT2D eigenvalue weighted by Gasteiger charge is -2.05. The highest BCUT2D eigenvalue weighted by atomic mass is 32.2. The van der Waals surface area contributed by atoms with Crippen LogP contribution in [0, 0.1) is 10.1 Å². The average molecular weight is 264 g/mol. The molecule has 0 fully saturated rings. The Morgan fingerprint density at radius 3 is 3.00 bits per heavy atom. The van der Waals surface area contributed by atoms with Gasteiger partial charge in [-0.25, -0.2) is 4.98 Å². The van der Waals surface area contributed by atoms with Crippen LogP contribution in [0.5, 0.6) is 0 Å². The number of nitro benzene ring substituents is 1. The quantitative estimate of drug-likeness (QED) is 0.492. The number of nitrogens with one attached hydrogen (secondary N) is 2. The number of aromatic nitrogens is 2. The number of rotatable bonds is 5. The minimum atomic E-state index is -0.394. The SMILES string of the molecule is CNc1cc(CSc2ncc[nH]2)ccc1[N+](=O)[O-]. The van der Waals surface area contributed by atoms with E-state index in [2.05, 4.69) is 15.3 Å². The molecule has 1 heterocycles. The lowest BCUT2D eigenvalue weighted by molar-refractivity contribution is -0.383. The number of hydrogen-bond acceptors (Lipinski definition) is 5. The number of imidazole rings is 1. The van der Waals surface area contributed by atoms with Crippen LogP contribution in [0.1, 0.15) is 5.56 Å². The van der Waals surface area contributed by atoms with Crippen molar-refractivity contribution in [3.63, 3.8) is 0 Å². The summed E-state index contributed by atoms with van der Waals surface area (Å²) in [5.41, 5.74) is 1.62. The molecule has 0 bridgehead atoms. The number of thioether (sulfide) groups is 1. The van der Waals surface area contributed by atoms with Gasteiger partial charge >= 0.3 is 0 Å². The van der Waals surface area contributed by atoms with Crippen LogP contribution in [-0.2, 0) is 5.75 Å². The zero-order valence-electron chi connectivity index (χ0n) is 9.71. The molecule has 94 valence electrons. The van der Waals surface area contributed by atoms with E-state index in [9.17, 15) is 10.1 Å². The summed E-state index contributed by atoms with van der Waals surface area (Å²) in [4.78, 5) is 17.5. The van der Waals surface area contributed by atoms with Crippen LogP contribution in [0.4, 0.5) is 11.4 Å². The fourth-order valence-corrected chi connectivity index (χ4v) is 2.28. The summed E-state index contributed by atoms with van der Waals surface area (Å²) in [7, 11) is 1.67. The highest BCUT2D eigenvalue weighted by Crippen LogP contribution is 2.27. The van der Waals surface area contributed by atoms with Gasteiger partial charge in [-0.3, -0.25) is 10.1 Å². The average Bonchev–Trinajstić information content (AvgIpc) is 2.88. The van der Waals surface area contributed by atoms with Crippen LogP contribution < -0.4 is 5.32 Å². The van der Waals surface area contributed by atoms with Gasteiger partial charge in [0, 0.05) is 31.3 Å². The molecule has 0 spiro atoms. The van der Waals surface area contributed by atoms with Crippen molar-refractivity contribution in [2.75, 3.05) is 12.4 Å². The van der Waals surface area contributed by atoms with Crippen molar-refractivity contribution in [1.82, 2.24) is 9.97 Å². The molecule has 0 radical (unpaired) electrons. The van der Waals surface area contributed by atoms with Crippen LogP contribution in [0.15, 0.2) is 35.7 Å². The summed E-state index contributed by atoms with van der Waals surface area (Å²) in [6, 6.07) is 5.06. The van der Waals surface area contributed by atoms with E-state index in [1.54, 1.807) is 43.3 Å². The van der Waals surface area contributed by atoms with Gasteiger partial charge in [-0.2, -0.15) is 0 Å². The predicted octanol–water partition coefficient (Wildman–Crippen LogP) is 2.65. The molecule has 0 aliphatic heterocycles. The van der Waals surface area contributed by atoms with Crippen molar-refractivity contribution in [2.45, 2.75) is 10.9 Å². The third kappa shape index (κ3) is 2.80. The second kappa shape index (κ2) is 5.54. The highest BCUT2D eigenvalue weighted by Gasteiger charge is 2.12. The van der Waals surface area contributed by atoms with Gasteiger partial charge in [0.05, 0.1) is 4.92 Å². The molecule has 7 heteroatoms. The maximum atomic E-state index is 10.8. The van der Waals surface area contributed by atoms with E-state index in [4.69, 9.17) is 0 Å². The molecule has 0 aliphatic carbocycles. The molecule has 2 aromatic rings. The lowest BCUT2D eigenvalue weighted by atomic mass is 10.2. The summed E-state index contributed by atoms with van der Waals surface area (Å²) in [6.07, 6.45) is 3.45. The Balaban J connectivity index is 2.12. The van der Waals surface area contributed by atoms with Gasteiger partial charge in [-0.1, -0.05) is 17.8 Å². The van der Waals surface area contributed by atoms with Gasteiger partial charge in [0.2, 0.25) is 0 Å². The van der Waals surface area contributed by atoms with E-state index < -0.39 is 4.92 Å². The molecule has 0 aliphatic rings. The Morgan fingerprint density at radius 2 is 2.39 bits per heavy atom. The van der Waals surface area contributed by atoms with E-state index in [1.807, 2.05) is 0 Å². The lowest BCUT2D eigenvalue weighted by Crippen LogP contribution is -1.97. The van der Waals surface area contributed by atoms with Gasteiger partial charge in [0.15, 0.2) is 5.16 Å². The summed E-state index contributed by atoms with van der Waals surface area (Å²) in [6.45, 7) is 0. The van der Waals surface area contributed by atoms with Gasteiger partial charge in [-0.05, 0) is 11.6 Å². The van der Waals surface area contributed by atoms with E-state index in [1.165, 1.54) is 6.07 Å². The standard InChI is InChI=1S/C11H12N4O2S/c1-12-9-6-8(2-3-10(9)15(16)17)7-18-11-13-4-5-14-11/h2-6,12H,7H2,1H3,(H,13,14). The van der Waals surface area contributed by atoms with Crippen LogP contribution in [-0.4, -0.2) is 21.9 Å². The van der Waals surface area contributed by atoms with Crippen molar-refractivity contribution in [3.05, 3.63) is 46.3 Å². The number of anilines is 1. The maximum Gasteiger partial charge on any atom is 0.292 e. The molecular formula is C11H12N4O2S. The smallest absolute Gasteiger partial charge is 0.292 e. The predicted molar refractivity (Wildman–Crippen MR) is 70.8 cm³/mol. The molecule has 1 aromatic carbocycles. The molecule has 2 rings (SSSR count). The first kappa shape index (κ1) is 12.4. The Morgan fingerprint density at radius 1 is 1.56 bits per heavy atom. The third-order valence-electron chi connectivity index (χ3n) is 2.38. The van der Waals surface area contributed by atoms with Crippen molar-refractivity contribution in [3.8, 4) is 0 Å². The number of aromatic amines is 1. The second-order valence-electron chi connectivity index (χ2n) is 3.54. The first-order chi connectivity index (χ1) is 8.70. The first-order valence-electron chi connectivity index (χ1n) is 5.28. The minimum absolute atomic E-state index is 0.0873. The Bertz CT molecular complexity index is 542. The fraction of sp³-hybridized carbons (Fsp3) is 0.182. The number of nitrogens with zero attached hydrogens (tertiary/aromatic N) is 2. The molecule has 0 saturated heterocycles. The van der Waals surface area contributed by atoms with Gasteiger partial charge < -0.3 is 10.3 Å². The molecular weight excluding hydrogens is 252 g/mol. The Kier molecular flexibility index (Phi) is 3.83. The van der Waals surface area contributed by atoms with Gasteiger partial charge in [0.1, 0.15) is 5.69 Å². The molecule has 0 amide bonds. The normalized spacial score (nSPS) is 10.3. The zero-order valence-corrected chi connectivity index (χ0v) is 10.5. The van der Waals surface area contributed by atoms with Crippen molar-refractivity contribution < 1.29 is 4.92 Å². The van der Waals surface area contributed by atoms with Crippen LogP contribution in [0.2, 0.25) is 0 Å². The third-order valence-corrected chi connectivity index (χ3v) is 3.35. The molecule has 0 saturated carbocycles. The van der Waals surface area contributed by atoms with Gasteiger partial charge in [-0.15, -0.1) is 0 Å². The topological polar surface area (TPSA) is 83.8 Å². The van der Waals surface area contributed by atoms with Crippen LogP contribution in [0.25, 0.3) is 0 Å².